The monoisotopic (exact) mass is 358 g/mol. The largest absolute Gasteiger partial charge is 0.481 e. The van der Waals surface area contributed by atoms with E-state index in [2.05, 4.69) is 0 Å². The molecule has 1 N–H and O–H groups in total. The van der Waals surface area contributed by atoms with Crippen molar-refractivity contribution in [3.8, 4) is 0 Å². The molecule has 0 heterocycles. The Hall–Kier alpha value is -2.01. The number of rotatable bonds is 6. The first-order chi connectivity index (χ1) is 12.4. The van der Waals surface area contributed by atoms with Gasteiger partial charge in [0.2, 0.25) is 0 Å². The Kier molecular flexibility index (Phi) is 5.28. The molecule has 26 heavy (non-hydrogen) atoms. The lowest BCUT2D eigenvalue weighted by Crippen LogP contribution is -2.46. The number of carbonyl (C=O) groups excluding carboxylic acids is 2. The van der Waals surface area contributed by atoms with Gasteiger partial charge in [0, 0.05) is 12.3 Å². The van der Waals surface area contributed by atoms with Crippen LogP contribution in [0.1, 0.15) is 51.0 Å². The molecular weight excluding hydrogens is 332 g/mol. The smallest absolute Gasteiger partial charge is 0.311 e. The van der Waals surface area contributed by atoms with Gasteiger partial charge in [0.1, 0.15) is 11.6 Å². The standard InChI is InChI=1S/C21H26O5/c1-2-16-12-17(22)21(18(16)23)10-8-20(9-11-21,19(24)25)14-26-13-15-6-4-3-5-7-15/h3-7,16H,2,8-14H2,1H3,(H,24,25). The third-order valence-electron chi connectivity index (χ3n) is 6.31. The topological polar surface area (TPSA) is 80.7 Å². The van der Waals surface area contributed by atoms with E-state index in [1.165, 1.54) is 0 Å². The van der Waals surface area contributed by atoms with Crippen LogP contribution in [-0.2, 0) is 25.7 Å². The third kappa shape index (κ3) is 3.20. The van der Waals surface area contributed by atoms with Gasteiger partial charge in [-0.25, -0.2) is 0 Å². The van der Waals surface area contributed by atoms with E-state index in [1.807, 2.05) is 37.3 Å². The molecule has 2 aliphatic carbocycles. The van der Waals surface area contributed by atoms with Crippen molar-refractivity contribution >= 4 is 17.5 Å². The molecule has 1 atom stereocenters. The molecule has 3 rings (SSSR count). The fourth-order valence-electron chi connectivity index (χ4n) is 4.41. The van der Waals surface area contributed by atoms with Gasteiger partial charge in [-0.2, -0.15) is 0 Å². The summed E-state index contributed by atoms with van der Waals surface area (Å²) in [4.78, 5) is 37.2. The summed E-state index contributed by atoms with van der Waals surface area (Å²) in [7, 11) is 0. The van der Waals surface area contributed by atoms with Crippen LogP contribution >= 0.6 is 0 Å². The SMILES string of the molecule is CCC1CC(=O)C2(CCC(COCc3ccccc3)(C(=O)O)CC2)C1=O. The Morgan fingerprint density at radius 1 is 1.15 bits per heavy atom. The molecule has 2 aliphatic rings. The van der Waals surface area contributed by atoms with Gasteiger partial charge in [0.15, 0.2) is 0 Å². The first-order valence-corrected chi connectivity index (χ1v) is 9.36. The number of carboxylic acids is 1. The van der Waals surface area contributed by atoms with Crippen LogP contribution in [0.25, 0.3) is 0 Å². The molecule has 1 aromatic rings. The van der Waals surface area contributed by atoms with E-state index in [1.54, 1.807) is 0 Å². The molecule has 0 amide bonds. The molecule has 2 fully saturated rings. The summed E-state index contributed by atoms with van der Waals surface area (Å²) in [6, 6.07) is 9.62. The number of carbonyl (C=O) groups is 3. The Labute approximate surface area is 153 Å². The fraction of sp³-hybridized carbons (Fsp3) is 0.571. The van der Waals surface area contributed by atoms with Crippen molar-refractivity contribution in [2.45, 2.75) is 52.1 Å². The van der Waals surface area contributed by atoms with Crippen LogP contribution in [0.3, 0.4) is 0 Å². The lowest BCUT2D eigenvalue weighted by atomic mass is 9.62. The third-order valence-corrected chi connectivity index (χ3v) is 6.31. The second kappa shape index (κ2) is 7.31. The molecule has 5 nitrogen and oxygen atoms in total. The zero-order valence-electron chi connectivity index (χ0n) is 15.2. The maximum absolute atomic E-state index is 12.7. The number of hydrogen-bond acceptors (Lipinski definition) is 4. The Morgan fingerprint density at radius 3 is 2.35 bits per heavy atom. The summed E-state index contributed by atoms with van der Waals surface area (Å²) in [5, 5.41) is 9.80. The number of aliphatic carboxylic acids is 1. The number of carboxylic acid groups (broad SMARTS) is 1. The molecular formula is C21H26O5. The highest BCUT2D eigenvalue weighted by atomic mass is 16.5. The summed E-state index contributed by atoms with van der Waals surface area (Å²) >= 11 is 0. The van der Waals surface area contributed by atoms with Crippen LogP contribution in [0.4, 0.5) is 0 Å². The molecule has 0 aromatic heterocycles. The lowest BCUT2D eigenvalue weighted by Gasteiger charge is -2.40. The average Bonchev–Trinajstić information content (AvgIpc) is 2.89. The normalized spacial score (nSPS) is 31.5. The van der Waals surface area contributed by atoms with Gasteiger partial charge in [-0.1, -0.05) is 37.3 Å². The second-order valence-electron chi connectivity index (χ2n) is 7.74. The van der Waals surface area contributed by atoms with E-state index in [-0.39, 0.29) is 24.1 Å². The van der Waals surface area contributed by atoms with Crippen LogP contribution in [0, 0.1) is 16.7 Å². The molecule has 5 heteroatoms. The fourth-order valence-corrected chi connectivity index (χ4v) is 4.41. The zero-order valence-corrected chi connectivity index (χ0v) is 15.2. The number of ether oxygens (including phenoxy) is 1. The van der Waals surface area contributed by atoms with E-state index in [4.69, 9.17) is 4.74 Å². The predicted molar refractivity (Wildman–Crippen MR) is 95.5 cm³/mol. The highest BCUT2D eigenvalue weighted by Gasteiger charge is 2.58. The van der Waals surface area contributed by atoms with E-state index in [0.29, 0.717) is 45.1 Å². The van der Waals surface area contributed by atoms with Gasteiger partial charge < -0.3 is 9.84 Å². The molecule has 0 saturated heterocycles. The highest BCUT2D eigenvalue weighted by Crippen LogP contribution is 2.52. The maximum atomic E-state index is 12.7. The molecule has 0 aliphatic heterocycles. The van der Waals surface area contributed by atoms with Crippen molar-refractivity contribution in [1.82, 2.24) is 0 Å². The zero-order chi connectivity index (χ0) is 18.8. The van der Waals surface area contributed by atoms with Gasteiger partial charge >= 0.3 is 5.97 Å². The minimum atomic E-state index is -1.01. The molecule has 1 spiro atoms. The van der Waals surface area contributed by atoms with Crippen molar-refractivity contribution in [1.29, 1.82) is 0 Å². The van der Waals surface area contributed by atoms with Crippen LogP contribution in [-0.4, -0.2) is 29.2 Å². The van der Waals surface area contributed by atoms with Gasteiger partial charge in [-0.3, -0.25) is 14.4 Å². The van der Waals surface area contributed by atoms with Crippen molar-refractivity contribution < 1.29 is 24.2 Å². The Balaban J connectivity index is 1.66. The maximum Gasteiger partial charge on any atom is 0.311 e. The van der Waals surface area contributed by atoms with Crippen molar-refractivity contribution in [2.24, 2.45) is 16.7 Å². The lowest BCUT2D eigenvalue weighted by molar-refractivity contribution is -0.161. The van der Waals surface area contributed by atoms with Gasteiger partial charge in [-0.05, 0) is 37.7 Å². The summed E-state index contributed by atoms with van der Waals surface area (Å²) in [5.74, 6) is -1.03. The Bertz CT molecular complexity index is 686. The quantitative estimate of drug-likeness (QED) is 0.788. The van der Waals surface area contributed by atoms with Crippen LogP contribution < -0.4 is 0 Å². The first-order valence-electron chi connectivity index (χ1n) is 9.36. The van der Waals surface area contributed by atoms with Gasteiger partial charge in [0.05, 0.1) is 24.0 Å². The minimum absolute atomic E-state index is 0.0125. The summed E-state index contributed by atoms with van der Waals surface area (Å²) in [6.45, 7) is 2.39. The predicted octanol–water partition coefficient (Wildman–Crippen LogP) is 3.40. The molecule has 1 unspecified atom stereocenters. The molecule has 0 radical (unpaired) electrons. The van der Waals surface area contributed by atoms with Crippen LogP contribution in [0.2, 0.25) is 0 Å². The van der Waals surface area contributed by atoms with Crippen molar-refractivity contribution in [2.75, 3.05) is 6.61 Å². The van der Waals surface area contributed by atoms with Crippen molar-refractivity contribution in [3.05, 3.63) is 35.9 Å². The average molecular weight is 358 g/mol. The summed E-state index contributed by atoms with van der Waals surface area (Å²) in [5.41, 5.74) is -0.948. The van der Waals surface area contributed by atoms with Crippen LogP contribution in [0.5, 0.6) is 0 Å². The number of benzene rings is 1. The molecule has 140 valence electrons. The minimum Gasteiger partial charge on any atom is -0.481 e. The first kappa shape index (κ1) is 18.8. The van der Waals surface area contributed by atoms with E-state index in [0.717, 1.165) is 5.56 Å². The van der Waals surface area contributed by atoms with Crippen molar-refractivity contribution in [3.63, 3.8) is 0 Å². The number of Topliss-reactive ketones (excluding diaryl/α,β-unsaturated/α-hetero) is 2. The summed E-state index contributed by atoms with van der Waals surface area (Å²) in [6.07, 6.45) is 2.29. The number of ketones is 2. The molecule has 2 saturated carbocycles. The van der Waals surface area contributed by atoms with E-state index >= 15 is 0 Å². The van der Waals surface area contributed by atoms with Gasteiger partial charge in [-0.15, -0.1) is 0 Å². The summed E-state index contributed by atoms with van der Waals surface area (Å²) < 4.78 is 5.72. The Morgan fingerprint density at radius 2 is 1.81 bits per heavy atom. The van der Waals surface area contributed by atoms with Gasteiger partial charge in [0.25, 0.3) is 0 Å². The van der Waals surface area contributed by atoms with E-state index in [9.17, 15) is 19.5 Å². The molecule has 1 aromatic carbocycles. The molecule has 0 bridgehead atoms. The van der Waals surface area contributed by atoms with Crippen LogP contribution in [0.15, 0.2) is 30.3 Å². The van der Waals surface area contributed by atoms with E-state index < -0.39 is 16.8 Å². The highest BCUT2D eigenvalue weighted by molar-refractivity contribution is 6.14. The number of hydrogen-bond donors (Lipinski definition) is 1. The second-order valence-corrected chi connectivity index (χ2v) is 7.74.